The Balaban J connectivity index is 1.80. The Morgan fingerprint density at radius 1 is 1.37 bits per heavy atom. The number of hydrogen-bond acceptors (Lipinski definition) is 5. The number of benzene rings is 1. The summed E-state index contributed by atoms with van der Waals surface area (Å²) in [5.74, 6) is 0.102. The van der Waals surface area contributed by atoms with E-state index in [-0.39, 0.29) is 22.7 Å². The summed E-state index contributed by atoms with van der Waals surface area (Å²) in [6, 6.07) is 9.76. The molecule has 2 N–H and O–H groups in total. The maximum Gasteiger partial charge on any atom is 0.235 e. The molecule has 1 aliphatic rings. The highest BCUT2D eigenvalue weighted by atomic mass is 35.5. The van der Waals surface area contributed by atoms with Gasteiger partial charge in [-0.15, -0.1) is 23.1 Å². The third-order valence-electron chi connectivity index (χ3n) is 4.40. The van der Waals surface area contributed by atoms with Gasteiger partial charge < -0.3 is 10.6 Å². The van der Waals surface area contributed by atoms with Crippen LogP contribution in [0.25, 0.3) is 0 Å². The average Bonchev–Trinajstić information content (AvgIpc) is 2.90. The van der Waals surface area contributed by atoms with Crippen LogP contribution >= 0.6 is 34.7 Å². The van der Waals surface area contributed by atoms with Crippen LogP contribution in [-0.2, 0) is 16.8 Å². The second-order valence-electron chi connectivity index (χ2n) is 7.80. The molecule has 7 heteroatoms. The van der Waals surface area contributed by atoms with Crippen molar-refractivity contribution in [1.29, 1.82) is 5.26 Å². The Labute approximate surface area is 173 Å². The Bertz CT molecular complexity index is 928. The zero-order valence-corrected chi connectivity index (χ0v) is 18.2. The summed E-state index contributed by atoms with van der Waals surface area (Å²) in [7, 11) is 0. The van der Waals surface area contributed by atoms with E-state index >= 15 is 0 Å². The molecule has 0 saturated heterocycles. The number of thiophene rings is 1. The lowest BCUT2D eigenvalue weighted by molar-refractivity contribution is -0.113. The number of rotatable bonds is 4. The van der Waals surface area contributed by atoms with Gasteiger partial charge in [0.25, 0.3) is 0 Å². The number of anilines is 1. The van der Waals surface area contributed by atoms with Gasteiger partial charge in [0, 0.05) is 20.9 Å². The van der Waals surface area contributed by atoms with Crippen LogP contribution in [0.2, 0.25) is 5.02 Å². The zero-order chi connectivity index (χ0) is 19.8. The Hall–Kier alpha value is -1.52. The molecule has 0 saturated carbocycles. The normalized spacial score (nSPS) is 17.0. The molecule has 4 nitrogen and oxygen atoms in total. The molecule has 0 fully saturated rings. The number of nitrogens with zero attached hydrogens (tertiary/aromatic N) is 1. The Morgan fingerprint density at radius 3 is 2.74 bits per heavy atom. The molecule has 2 aromatic rings. The molecule has 0 aliphatic carbocycles. The van der Waals surface area contributed by atoms with Gasteiger partial charge in [-0.1, -0.05) is 23.7 Å². The maximum absolute atomic E-state index is 12.5. The second-order valence-corrected chi connectivity index (χ2v) is 10.2. The summed E-state index contributed by atoms with van der Waals surface area (Å²) in [6.45, 7) is 8.50. The van der Waals surface area contributed by atoms with Crippen LogP contribution in [0, 0.1) is 11.3 Å². The number of nitrogens with one attached hydrogen (secondary N) is 2. The summed E-state index contributed by atoms with van der Waals surface area (Å²) >= 11 is 9.02. The molecule has 1 aliphatic heterocycles. The number of thioether (sulfide) groups is 1. The van der Waals surface area contributed by atoms with Crippen molar-refractivity contribution in [2.24, 2.45) is 0 Å². The monoisotopic (exact) mass is 419 g/mol. The molecule has 27 heavy (non-hydrogen) atoms. The van der Waals surface area contributed by atoms with Gasteiger partial charge in [0.05, 0.1) is 16.3 Å². The average molecular weight is 420 g/mol. The van der Waals surface area contributed by atoms with Crippen molar-refractivity contribution < 1.29 is 4.79 Å². The van der Waals surface area contributed by atoms with Crippen LogP contribution in [0.4, 0.5) is 5.00 Å². The molecule has 0 unspecified atom stereocenters. The topological polar surface area (TPSA) is 64.9 Å². The Kier molecular flexibility index (Phi) is 5.60. The summed E-state index contributed by atoms with van der Waals surface area (Å²) in [4.78, 5) is 14.5. The first-order chi connectivity index (χ1) is 12.6. The predicted octanol–water partition coefficient (Wildman–Crippen LogP) is 5.16. The highest BCUT2D eigenvalue weighted by molar-refractivity contribution is 8.00. The van der Waals surface area contributed by atoms with Crippen molar-refractivity contribution in [1.82, 2.24) is 5.32 Å². The van der Waals surface area contributed by atoms with Crippen LogP contribution in [0.5, 0.6) is 0 Å². The molecule has 0 atom stereocenters. The lowest BCUT2D eigenvalue weighted by Crippen LogP contribution is -2.54. The van der Waals surface area contributed by atoms with Gasteiger partial charge in [-0.25, -0.2) is 0 Å². The number of amides is 1. The van der Waals surface area contributed by atoms with Gasteiger partial charge in [0.2, 0.25) is 5.91 Å². The summed E-state index contributed by atoms with van der Waals surface area (Å²) in [5.41, 5.74) is 1.28. The molecular weight excluding hydrogens is 398 g/mol. The quantitative estimate of drug-likeness (QED) is 0.671. The molecule has 142 valence electrons. The van der Waals surface area contributed by atoms with E-state index in [1.54, 1.807) is 6.07 Å². The van der Waals surface area contributed by atoms with E-state index in [9.17, 15) is 10.1 Å². The van der Waals surface area contributed by atoms with Gasteiger partial charge in [-0.3, -0.25) is 4.79 Å². The van der Waals surface area contributed by atoms with Crippen LogP contribution in [0.3, 0.4) is 0 Å². The molecule has 2 heterocycles. The largest absolute Gasteiger partial charge is 0.316 e. The number of carbonyl (C=O) groups excluding carboxylic acids is 1. The smallest absolute Gasteiger partial charge is 0.235 e. The van der Waals surface area contributed by atoms with E-state index in [1.165, 1.54) is 23.1 Å². The van der Waals surface area contributed by atoms with Gasteiger partial charge in [0.15, 0.2) is 0 Å². The van der Waals surface area contributed by atoms with Crippen molar-refractivity contribution >= 4 is 45.6 Å². The summed E-state index contributed by atoms with van der Waals surface area (Å²) < 4.78 is 0. The van der Waals surface area contributed by atoms with Crippen LogP contribution in [-0.4, -0.2) is 17.2 Å². The minimum atomic E-state index is -0.247. The van der Waals surface area contributed by atoms with Crippen LogP contribution in [0.1, 0.15) is 43.7 Å². The van der Waals surface area contributed by atoms with Crippen molar-refractivity contribution in [3.05, 3.63) is 45.3 Å². The third-order valence-corrected chi connectivity index (χ3v) is 7.39. The van der Waals surface area contributed by atoms with Gasteiger partial charge >= 0.3 is 0 Å². The fraction of sp³-hybridized carbons (Fsp3) is 0.400. The second kappa shape index (κ2) is 7.48. The fourth-order valence-corrected chi connectivity index (χ4v) is 5.88. The minimum Gasteiger partial charge on any atom is -0.316 e. The molecule has 1 aromatic heterocycles. The van der Waals surface area contributed by atoms with Crippen LogP contribution < -0.4 is 10.6 Å². The number of carbonyl (C=O) groups is 1. The fourth-order valence-electron chi connectivity index (χ4n) is 3.60. The summed E-state index contributed by atoms with van der Waals surface area (Å²) in [5, 5.41) is 17.6. The molecule has 0 spiro atoms. The zero-order valence-electron chi connectivity index (χ0n) is 15.8. The van der Waals surface area contributed by atoms with Gasteiger partial charge in [-0.2, -0.15) is 5.26 Å². The SMILES string of the molecule is CC1(C)Cc2c(sc(NC(=O)CSc3ccccc3Cl)c2C#N)C(C)(C)N1. The third kappa shape index (κ3) is 4.33. The summed E-state index contributed by atoms with van der Waals surface area (Å²) in [6.07, 6.45) is 0.759. The maximum atomic E-state index is 12.5. The predicted molar refractivity (Wildman–Crippen MR) is 114 cm³/mol. The molecule has 0 bridgehead atoms. The van der Waals surface area contributed by atoms with Crippen molar-refractivity contribution in [3.63, 3.8) is 0 Å². The van der Waals surface area contributed by atoms with E-state index in [1.807, 2.05) is 18.2 Å². The first-order valence-corrected chi connectivity index (χ1v) is 10.8. The van der Waals surface area contributed by atoms with E-state index in [0.717, 1.165) is 21.8 Å². The minimum absolute atomic E-state index is 0.107. The molecule has 3 rings (SSSR count). The van der Waals surface area contributed by atoms with E-state index < -0.39 is 0 Å². The molecule has 0 radical (unpaired) electrons. The number of nitriles is 1. The lowest BCUT2D eigenvalue weighted by atomic mass is 9.81. The number of hydrogen-bond donors (Lipinski definition) is 2. The molecule has 1 aromatic carbocycles. The molecular formula is C20H22ClN3OS2. The number of fused-ring (bicyclic) bond motifs is 1. The number of halogens is 1. The first kappa shape index (κ1) is 20.2. The highest BCUT2D eigenvalue weighted by Crippen LogP contribution is 2.44. The van der Waals surface area contributed by atoms with E-state index in [0.29, 0.717) is 15.6 Å². The van der Waals surface area contributed by atoms with Crippen molar-refractivity contribution in [2.75, 3.05) is 11.1 Å². The Morgan fingerprint density at radius 2 is 2.07 bits per heavy atom. The van der Waals surface area contributed by atoms with Gasteiger partial charge in [-0.05, 0) is 51.8 Å². The van der Waals surface area contributed by atoms with Crippen molar-refractivity contribution in [3.8, 4) is 6.07 Å². The first-order valence-electron chi connectivity index (χ1n) is 8.66. The lowest BCUT2D eigenvalue weighted by Gasteiger charge is -2.42. The molecule has 1 amide bonds. The van der Waals surface area contributed by atoms with E-state index in [2.05, 4.69) is 44.4 Å². The van der Waals surface area contributed by atoms with E-state index in [4.69, 9.17) is 11.6 Å². The van der Waals surface area contributed by atoms with Gasteiger partial charge in [0.1, 0.15) is 11.1 Å². The van der Waals surface area contributed by atoms with Crippen LogP contribution in [0.15, 0.2) is 29.2 Å². The van der Waals surface area contributed by atoms with Crippen molar-refractivity contribution in [2.45, 2.75) is 50.1 Å². The standard InChI is InChI=1S/C20H22ClN3OS2/c1-19(2)9-12-13(10-22)18(27-17(12)20(3,4)24-19)23-16(25)11-26-15-8-6-5-7-14(15)21/h5-8,24H,9,11H2,1-4H3,(H,23,25). The highest BCUT2D eigenvalue weighted by Gasteiger charge is 2.40.